The summed E-state index contributed by atoms with van der Waals surface area (Å²) in [5.41, 5.74) is 4.74. The molecule has 1 N–H and O–H groups in total. The van der Waals surface area contributed by atoms with Crippen LogP contribution in [0.5, 0.6) is 5.88 Å². The van der Waals surface area contributed by atoms with Crippen molar-refractivity contribution >= 4 is 5.91 Å². The van der Waals surface area contributed by atoms with Crippen LogP contribution in [-0.4, -0.2) is 27.8 Å². The third kappa shape index (κ3) is 3.76. The third-order valence-corrected chi connectivity index (χ3v) is 5.11. The zero-order chi connectivity index (χ0) is 19.3. The van der Waals surface area contributed by atoms with E-state index < -0.39 is 0 Å². The molecule has 144 valence electrons. The van der Waals surface area contributed by atoms with Gasteiger partial charge in [-0.05, 0) is 49.4 Å². The Kier molecular flexibility index (Phi) is 5.37. The molecular weight excluding hydrogens is 352 g/mol. The van der Waals surface area contributed by atoms with Crippen molar-refractivity contribution in [1.29, 1.82) is 0 Å². The number of amides is 1. The fourth-order valence-electron chi connectivity index (χ4n) is 3.68. The zero-order valence-electron chi connectivity index (χ0n) is 16.0. The van der Waals surface area contributed by atoms with E-state index in [1.165, 1.54) is 12.1 Å². The van der Waals surface area contributed by atoms with Gasteiger partial charge in [0, 0.05) is 30.1 Å². The van der Waals surface area contributed by atoms with Crippen molar-refractivity contribution in [3.63, 3.8) is 0 Å². The lowest BCUT2D eigenvalue weighted by Gasteiger charge is -2.06. The second-order valence-electron chi connectivity index (χ2n) is 6.97. The van der Waals surface area contributed by atoms with Crippen molar-refractivity contribution in [3.8, 4) is 11.6 Å². The molecular formula is C22H24N4O2. The summed E-state index contributed by atoms with van der Waals surface area (Å²) >= 11 is 0. The smallest absolute Gasteiger partial charge is 0.272 e. The van der Waals surface area contributed by atoms with E-state index in [0.717, 1.165) is 42.5 Å². The molecule has 1 aliphatic carbocycles. The van der Waals surface area contributed by atoms with E-state index in [9.17, 15) is 4.79 Å². The number of hydrogen-bond donors (Lipinski definition) is 1. The molecule has 1 amide bonds. The molecule has 1 aromatic carbocycles. The van der Waals surface area contributed by atoms with Gasteiger partial charge in [-0.3, -0.25) is 4.79 Å². The van der Waals surface area contributed by atoms with Crippen molar-refractivity contribution in [1.82, 2.24) is 20.1 Å². The number of rotatable bonds is 5. The van der Waals surface area contributed by atoms with Gasteiger partial charge >= 0.3 is 0 Å². The highest BCUT2D eigenvalue weighted by Crippen LogP contribution is 2.26. The number of ether oxygens (including phenoxy) is 1. The van der Waals surface area contributed by atoms with Gasteiger partial charge in [0.15, 0.2) is 5.69 Å². The normalized spacial score (nSPS) is 13.5. The second kappa shape index (κ2) is 8.25. The molecule has 0 bridgehead atoms. The maximum Gasteiger partial charge on any atom is 0.272 e. The number of nitrogens with one attached hydrogen (secondary N) is 1. The number of para-hydroxylation sites is 1. The zero-order valence-corrected chi connectivity index (χ0v) is 16.0. The van der Waals surface area contributed by atoms with E-state index >= 15 is 0 Å². The quantitative estimate of drug-likeness (QED) is 0.692. The first kappa shape index (κ1) is 18.2. The Morgan fingerprint density at radius 3 is 2.79 bits per heavy atom. The second-order valence-corrected chi connectivity index (χ2v) is 6.97. The van der Waals surface area contributed by atoms with E-state index in [2.05, 4.69) is 10.3 Å². The lowest BCUT2D eigenvalue weighted by atomic mass is 10.1. The molecule has 1 aliphatic rings. The van der Waals surface area contributed by atoms with Crippen LogP contribution in [0.15, 0.2) is 48.7 Å². The summed E-state index contributed by atoms with van der Waals surface area (Å²) in [4.78, 5) is 17.1. The lowest BCUT2D eigenvalue weighted by Crippen LogP contribution is -2.24. The van der Waals surface area contributed by atoms with Crippen LogP contribution in [0.4, 0.5) is 0 Å². The summed E-state index contributed by atoms with van der Waals surface area (Å²) in [7, 11) is 1.58. The van der Waals surface area contributed by atoms with E-state index in [4.69, 9.17) is 9.84 Å². The molecule has 0 spiro atoms. The summed E-state index contributed by atoms with van der Waals surface area (Å²) in [6.07, 6.45) is 6.93. The molecule has 0 unspecified atom stereocenters. The van der Waals surface area contributed by atoms with Crippen LogP contribution in [0.3, 0.4) is 0 Å². The lowest BCUT2D eigenvalue weighted by molar-refractivity contribution is 0.0944. The topological polar surface area (TPSA) is 69.0 Å². The Hall–Kier alpha value is -3.15. The highest BCUT2D eigenvalue weighted by Gasteiger charge is 2.24. The summed E-state index contributed by atoms with van der Waals surface area (Å²) in [5, 5.41) is 7.72. The molecule has 0 atom stereocenters. The standard InChI is InChI=1S/C22H24N4O2/c1-28-20-14-16(12-13-23-20)15-24-22(27)21-18-10-6-3-7-11-19(18)26(25-21)17-8-4-2-5-9-17/h2,4-5,8-9,12-14H,3,6-7,10-11,15H2,1H3,(H,24,27). The van der Waals surface area contributed by atoms with Crippen LogP contribution in [0, 0.1) is 0 Å². The van der Waals surface area contributed by atoms with Gasteiger partial charge in [-0.2, -0.15) is 5.10 Å². The fraction of sp³-hybridized carbons (Fsp3) is 0.318. The van der Waals surface area contributed by atoms with E-state index in [1.54, 1.807) is 13.3 Å². The number of aromatic nitrogens is 3. The van der Waals surface area contributed by atoms with E-state index in [-0.39, 0.29) is 5.91 Å². The summed E-state index contributed by atoms with van der Waals surface area (Å²) in [6.45, 7) is 0.407. The molecule has 4 rings (SSSR count). The van der Waals surface area contributed by atoms with Crippen molar-refractivity contribution in [2.24, 2.45) is 0 Å². The molecule has 3 aromatic rings. The largest absolute Gasteiger partial charge is 0.481 e. The van der Waals surface area contributed by atoms with Crippen LogP contribution in [-0.2, 0) is 19.4 Å². The number of benzene rings is 1. The van der Waals surface area contributed by atoms with Gasteiger partial charge in [0.25, 0.3) is 5.91 Å². The average Bonchev–Trinajstić information content (AvgIpc) is 2.94. The van der Waals surface area contributed by atoms with Gasteiger partial charge in [0.05, 0.1) is 12.8 Å². The van der Waals surface area contributed by atoms with Crippen LogP contribution >= 0.6 is 0 Å². The molecule has 0 radical (unpaired) electrons. The molecule has 2 heterocycles. The predicted octanol–water partition coefficient (Wildman–Crippen LogP) is 3.47. The van der Waals surface area contributed by atoms with Gasteiger partial charge in [-0.1, -0.05) is 24.6 Å². The fourth-order valence-corrected chi connectivity index (χ4v) is 3.68. The summed E-state index contributed by atoms with van der Waals surface area (Å²) < 4.78 is 7.10. The van der Waals surface area contributed by atoms with Crippen LogP contribution < -0.4 is 10.1 Å². The Morgan fingerprint density at radius 2 is 1.96 bits per heavy atom. The maximum atomic E-state index is 13.0. The number of carbonyl (C=O) groups is 1. The molecule has 0 saturated carbocycles. The Labute approximate surface area is 164 Å². The predicted molar refractivity (Wildman–Crippen MR) is 107 cm³/mol. The van der Waals surface area contributed by atoms with Gasteiger partial charge in [-0.15, -0.1) is 0 Å². The highest BCUT2D eigenvalue weighted by molar-refractivity contribution is 5.94. The highest BCUT2D eigenvalue weighted by atomic mass is 16.5. The number of carbonyl (C=O) groups excluding carboxylic acids is 1. The minimum absolute atomic E-state index is 0.136. The first-order valence-corrected chi connectivity index (χ1v) is 9.69. The number of nitrogens with zero attached hydrogens (tertiary/aromatic N) is 3. The third-order valence-electron chi connectivity index (χ3n) is 5.11. The van der Waals surface area contributed by atoms with Crippen molar-refractivity contribution in [2.75, 3.05) is 7.11 Å². The van der Waals surface area contributed by atoms with Crippen molar-refractivity contribution in [2.45, 2.75) is 38.6 Å². The molecule has 6 heteroatoms. The average molecular weight is 376 g/mol. The van der Waals surface area contributed by atoms with Crippen LogP contribution in [0.2, 0.25) is 0 Å². The SMILES string of the molecule is COc1cc(CNC(=O)c2nn(-c3ccccc3)c3c2CCCCC3)ccn1. The molecule has 0 fully saturated rings. The van der Waals surface area contributed by atoms with Gasteiger partial charge < -0.3 is 10.1 Å². The molecule has 6 nitrogen and oxygen atoms in total. The van der Waals surface area contributed by atoms with E-state index in [1.807, 2.05) is 47.1 Å². The number of methoxy groups -OCH3 is 1. The first-order chi connectivity index (χ1) is 13.8. The summed E-state index contributed by atoms with van der Waals surface area (Å²) in [5.74, 6) is 0.401. The maximum absolute atomic E-state index is 13.0. The van der Waals surface area contributed by atoms with Gasteiger partial charge in [-0.25, -0.2) is 9.67 Å². The monoisotopic (exact) mass is 376 g/mol. The van der Waals surface area contributed by atoms with Crippen LogP contribution in [0.25, 0.3) is 5.69 Å². The van der Waals surface area contributed by atoms with Crippen LogP contribution in [0.1, 0.15) is 46.6 Å². The number of hydrogen-bond acceptors (Lipinski definition) is 4. The number of fused-ring (bicyclic) bond motifs is 1. The minimum Gasteiger partial charge on any atom is -0.481 e. The summed E-state index contributed by atoms with van der Waals surface area (Å²) in [6, 6.07) is 13.7. The molecule has 0 saturated heterocycles. The number of pyridine rings is 1. The van der Waals surface area contributed by atoms with Crippen molar-refractivity contribution < 1.29 is 9.53 Å². The van der Waals surface area contributed by atoms with E-state index in [0.29, 0.717) is 18.1 Å². The molecule has 2 aromatic heterocycles. The molecule has 28 heavy (non-hydrogen) atoms. The van der Waals surface area contributed by atoms with Gasteiger partial charge in [0.1, 0.15) is 0 Å². The van der Waals surface area contributed by atoms with Gasteiger partial charge in [0.2, 0.25) is 5.88 Å². The Bertz CT molecular complexity index is 966. The van der Waals surface area contributed by atoms with Crippen molar-refractivity contribution in [3.05, 3.63) is 71.2 Å². The minimum atomic E-state index is -0.136. The Balaban J connectivity index is 1.61. The Morgan fingerprint density at radius 1 is 1.14 bits per heavy atom. The first-order valence-electron chi connectivity index (χ1n) is 9.69. The molecule has 0 aliphatic heterocycles.